The number of fused-ring (bicyclic) bond motifs is 1. The monoisotopic (exact) mass is 402 g/mol. The number of carbonyl (C=O) groups excluding carboxylic acids is 2. The summed E-state index contributed by atoms with van der Waals surface area (Å²) in [6, 6.07) is 0. The first-order valence-corrected chi connectivity index (χ1v) is 10.3. The molecule has 2 aliphatic rings. The molecule has 0 radical (unpaired) electrons. The van der Waals surface area contributed by atoms with E-state index in [-0.39, 0.29) is 12.4 Å². The van der Waals surface area contributed by atoms with E-state index in [9.17, 15) is 14.7 Å². The number of epoxide rings is 1. The number of aliphatic hydroxyl groups excluding tert-OH is 1. The zero-order valence-electron chi connectivity index (χ0n) is 18.3. The number of allylic oxidation sites excluding steroid dienone is 5. The van der Waals surface area contributed by atoms with Gasteiger partial charge in [0.05, 0.1) is 6.61 Å². The highest BCUT2D eigenvalue weighted by Crippen LogP contribution is 2.49. The minimum absolute atomic E-state index is 0.158. The molecule has 1 aliphatic heterocycles. The second-order valence-electron chi connectivity index (χ2n) is 8.36. The lowest BCUT2D eigenvalue weighted by Crippen LogP contribution is -2.40. The Labute approximate surface area is 174 Å². The topological polar surface area (TPSA) is 76.1 Å². The molecule has 1 N–H and O–H groups in total. The Morgan fingerprint density at radius 3 is 2.31 bits per heavy atom. The lowest BCUT2D eigenvalue weighted by atomic mass is 9.83. The minimum atomic E-state index is -0.948. The highest BCUT2D eigenvalue weighted by molar-refractivity contribution is 6.02. The van der Waals surface area contributed by atoms with Gasteiger partial charge >= 0.3 is 5.97 Å². The van der Waals surface area contributed by atoms with Crippen molar-refractivity contribution in [1.29, 1.82) is 0 Å². The standard InChI is InChI=1S/C24H34O5/c1-16(2)8-6-9-17(3)10-7-11-18(4)12-13-24-21(27)14-20(15-25)22(23(24)29-24)28-19(5)26/h8,10,12,14,22-23,25H,6-7,9,11,13,15H2,1-5H3/b17-10+,18-12+/t22-,23-,24?/m1/s1. The number of rotatable bonds is 10. The summed E-state index contributed by atoms with van der Waals surface area (Å²) < 4.78 is 11.0. The predicted octanol–water partition coefficient (Wildman–Crippen LogP) is 4.37. The second-order valence-corrected chi connectivity index (χ2v) is 8.36. The Balaban J connectivity index is 1.90. The largest absolute Gasteiger partial charge is 0.455 e. The van der Waals surface area contributed by atoms with Crippen LogP contribution in [0.2, 0.25) is 0 Å². The van der Waals surface area contributed by atoms with Gasteiger partial charge in [-0.05, 0) is 59.5 Å². The number of hydrogen-bond acceptors (Lipinski definition) is 5. The summed E-state index contributed by atoms with van der Waals surface area (Å²) in [5, 5.41) is 9.47. The van der Waals surface area contributed by atoms with Crippen LogP contribution in [0.5, 0.6) is 0 Å². The van der Waals surface area contributed by atoms with E-state index in [1.54, 1.807) is 0 Å². The van der Waals surface area contributed by atoms with E-state index < -0.39 is 23.8 Å². The molecular weight excluding hydrogens is 368 g/mol. The predicted molar refractivity (Wildman–Crippen MR) is 113 cm³/mol. The molecule has 0 bridgehead atoms. The summed E-state index contributed by atoms with van der Waals surface area (Å²) in [5.41, 5.74) is 3.41. The molecule has 0 amide bonds. The van der Waals surface area contributed by atoms with Gasteiger partial charge in [0.1, 0.15) is 6.10 Å². The van der Waals surface area contributed by atoms with Crippen molar-refractivity contribution in [2.75, 3.05) is 6.61 Å². The minimum Gasteiger partial charge on any atom is -0.455 e. The summed E-state index contributed by atoms with van der Waals surface area (Å²) in [6.45, 7) is 9.45. The Bertz CT molecular complexity index is 751. The molecule has 1 fully saturated rings. The molecule has 0 spiro atoms. The summed E-state index contributed by atoms with van der Waals surface area (Å²) >= 11 is 0. The van der Waals surface area contributed by atoms with Crippen LogP contribution in [0, 0.1) is 0 Å². The Hall–Kier alpha value is -1.98. The van der Waals surface area contributed by atoms with E-state index in [1.165, 1.54) is 29.7 Å². The third-order valence-corrected chi connectivity index (χ3v) is 5.47. The first-order valence-electron chi connectivity index (χ1n) is 10.3. The molecule has 160 valence electrons. The molecule has 1 heterocycles. The van der Waals surface area contributed by atoms with Crippen molar-refractivity contribution in [2.24, 2.45) is 0 Å². The normalized spacial score (nSPS) is 26.6. The molecule has 0 saturated carbocycles. The SMILES string of the molecule is CC(=O)O[C@@H]1C(CO)=CC(=O)C2(C/C=C(\C)CC/C=C(\C)CCC=C(C)C)O[C@H]12. The third kappa shape index (κ3) is 6.25. The van der Waals surface area contributed by atoms with Gasteiger partial charge in [-0.3, -0.25) is 9.59 Å². The molecule has 29 heavy (non-hydrogen) atoms. The lowest BCUT2D eigenvalue weighted by molar-refractivity contribution is -0.146. The summed E-state index contributed by atoms with van der Waals surface area (Å²) in [6.07, 6.45) is 11.3. The molecule has 1 unspecified atom stereocenters. The van der Waals surface area contributed by atoms with Gasteiger partial charge in [-0.2, -0.15) is 0 Å². The molecule has 0 aromatic rings. The molecule has 1 saturated heterocycles. The quantitative estimate of drug-likeness (QED) is 0.334. The van der Waals surface area contributed by atoms with E-state index in [0.717, 1.165) is 25.7 Å². The first kappa shape index (κ1) is 23.3. The number of hydrogen-bond donors (Lipinski definition) is 1. The van der Waals surface area contributed by atoms with Crippen molar-refractivity contribution in [3.8, 4) is 0 Å². The summed E-state index contributed by atoms with van der Waals surface area (Å²) in [7, 11) is 0. The van der Waals surface area contributed by atoms with Crippen molar-refractivity contribution in [3.63, 3.8) is 0 Å². The van der Waals surface area contributed by atoms with E-state index >= 15 is 0 Å². The van der Waals surface area contributed by atoms with Crippen molar-refractivity contribution in [2.45, 2.75) is 84.5 Å². The Morgan fingerprint density at radius 2 is 1.72 bits per heavy atom. The van der Waals surface area contributed by atoms with E-state index in [0.29, 0.717) is 12.0 Å². The zero-order valence-corrected chi connectivity index (χ0v) is 18.3. The van der Waals surface area contributed by atoms with Crippen LogP contribution in [-0.2, 0) is 19.1 Å². The molecular formula is C24H34O5. The van der Waals surface area contributed by atoms with Crippen LogP contribution in [-0.4, -0.2) is 41.3 Å². The fourth-order valence-electron chi connectivity index (χ4n) is 3.65. The smallest absolute Gasteiger partial charge is 0.303 e. The van der Waals surface area contributed by atoms with Crippen LogP contribution in [0.3, 0.4) is 0 Å². The zero-order chi connectivity index (χ0) is 21.6. The maximum absolute atomic E-state index is 12.5. The highest BCUT2D eigenvalue weighted by atomic mass is 16.7. The fourth-order valence-corrected chi connectivity index (χ4v) is 3.65. The summed E-state index contributed by atoms with van der Waals surface area (Å²) in [4.78, 5) is 23.9. The molecule has 5 heteroatoms. The van der Waals surface area contributed by atoms with Gasteiger partial charge in [-0.15, -0.1) is 0 Å². The van der Waals surface area contributed by atoms with E-state index in [1.807, 2.05) is 6.08 Å². The average Bonchev–Trinajstić information content (AvgIpc) is 3.38. The van der Waals surface area contributed by atoms with Crippen LogP contribution in [0.4, 0.5) is 0 Å². The van der Waals surface area contributed by atoms with Crippen LogP contribution < -0.4 is 0 Å². The molecule has 0 aromatic heterocycles. The van der Waals surface area contributed by atoms with E-state index in [2.05, 4.69) is 39.8 Å². The van der Waals surface area contributed by atoms with Crippen molar-refractivity contribution in [1.82, 2.24) is 0 Å². The molecule has 2 rings (SSSR count). The number of aliphatic hydroxyl groups is 1. The maximum Gasteiger partial charge on any atom is 0.303 e. The van der Waals surface area contributed by atoms with Gasteiger partial charge in [0, 0.05) is 18.9 Å². The Kier molecular flexibility index (Phi) is 8.17. The molecule has 1 aliphatic carbocycles. The average molecular weight is 403 g/mol. The molecule has 0 aromatic carbocycles. The van der Waals surface area contributed by atoms with Crippen LogP contribution in [0.25, 0.3) is 0 Å². The first-order chi connectivity index (χ1) is 13.7. The van der Waals surface area contributed by atoms with Gasteiger partial charge in [0.25, 0.3) is 0 Å². The van der Waals surface area contributed by atoms with Gasteiger partial charge in [0.2, 0.25) is 0 Å². The Morgan fingerprint density at radius 1 is 1.10 bits per heavy atom. The molecule has 5 nitrogen and oxygen atoms in total. The maximum atomic E-state index is 12.5. The van der Waals surface area contributed by atoms with Crippen LogP contribution in [0.15, 0.2) is 46.6 Å². The van der Waals surface area contributed by atoms with Crippen LogP contribution in [0.1, 0.15) is 66.7 Å². The number of carbonyl (C=O) groups is 2. The second kappa shape index (κ2) is 10.2. The summed E-state index contributed by atoms with van der Waals surface area (Å²) in [5.74, 6) is -0.611. The third-order valence-electron chi connectivity index (χ3n) is 5.47. The highest BCUT2D eigenvalue weighted by Gasteiger charge is 2.67. The van der Waals surface area contributed by atoms with Crippen molar-refractivity contribution in [3.05, 3.63) is 46.6 Å². The molecule has 3 atom stereocenters. The van der Waals surface area contributed by atoms with Crippen LogP contribution >= 0.6 is 0 Å². The van der Waals surface area contributed by atoms with E-state index in [4.69, 9.17) is 9.47 Å². The number of ether oxygens (including phenoxy) is 2. The number of ketones is 1. The number of esters is 1. The lowest BCUT2D eigenvalue weighted by Gasteiger charge is -2.23. The fraction of sp³-hybridized carbons (Fsp3) is 0.583. The van der Waals surface area contributed by atoms with Crippen molar-refractivity contribution >= 4 is 11.8 Å². The van der Waals surface area contributed by atoms with Gasteiger partial charge in [-0.25, -0.2) is 0 Å². The van der Waals surface area contributed by atoms with Gasteiger partial charge < -0.3 is 14.6 Å². The van der Waals surface area contributed by atoms with Gasteiger partial charge in [-0.1, -0.05) is 34.9 Å². The van der Waals surface area contributed by atoms with Gasteiger partial charge in [0.15, 0.2) is 17.5 Å². The van der Waals surface area contributed by atoms with Crippen molar-refractivity contribution < 1.29 is 24.2 Å².